The Hall–Kier alpha value is 0.748. The molecule has 0 N–H and O–H groups in total. The van der Waals surface area contributed by atoms with Crippen molar-refractivity contribution in [3.63, 3.8) is 0 Å². The van der Waals surface area contributed by atoms with Gasteiger partial charge in [0, 0.05) is 0 Å². The van der Waals surface area contributed by atoms with Crippen molar-refractivity contribution in [2.24, 2.45) is 0 Å². The molecule has 0 aliphatic carbocycles. The lowest BCUT2D eigenvalue weighted by molar-refractivity contribution is 0.329. The molecule has 0 amide bonds. The molecule has 1 radical (unpaired) electrons. The van der Waals surface area contributed by atoms with E-state index in [1.165, 1.54) is 25.3 Å². The standard InChI is InChI=1S/C15H39O3Si4/c1-11-12-13-14-15-20(5,6)17-22(9,10)18-21(7,8)16-19(2,3)4/h1,11-15H2,2-10H3. The summed E-state index contributed by atoms with van der Waals surface area (Å²) in [5, 5.41) is 0. The van der Waals surface area contributed by atoms with Gasteiger partial charge < -0.3 is 12.3 Å². The van der Waals surface area contributed by atoms with Gasteiger partial charge in [-0.05, 0) is 65.0 Å². The summed E-state index contributed by atoms with van der Waals surface area (Å²) in [5.74, 6) is 0. The first-order valence-corrected chi connectivity index (χ1v) is 20.7. The average molecular weight is 380 g/mol. The van der Waals surface area contributed by atoms with Gasteiger partial charge in [0.15, 0.2) is 16.6 Å². The maximum atomic E-state index is 6.57. The van der Waals surface area contributed by atoms with Crippen molar-refractivity contribution in [3.05, 3.63) is 6.92 Å². The molecule has 0 atom stereocenters. The molecule has 0 saturated heterocycles. The van der Waals surface area contributed by atoms with Crippen LogP contribution >= 0.6 is 0 Å². The third kappa shape index (κ3) is 12.2. The smallest absolute Gasteiger partial charge is 0.312 e. The number of unbranched alkanes of at least 4 members (excludes halogenated alkanes) is 3. The Labute approximate surface area is 143 Å². The van der Waals surface area contributed by atoms with E-state index in [9.17, 15) is 0 Å². The van der Waals surface area contributed by atoms with Crippen LogP contribution in [0.15, 0.2) is 0 Å². The quantitative estimate of drug-likeness (QED) is 0.331. The third-order valence-corrected chi connectivity index (χ3v) is 17.2. The lowest BCUT2D eigenvalue weighted by Crippen LogP contribution is -2.55. The summed E-state index contributed by atoms with van der Waals surface area (Å²) >= 11 is 0. The predicted octanol–water partition coefficient (Wildman–Crippen LogP) is 5.87. The highest BCUT2D eigenvalue weighted by Gasteiger charge is 2.42. The zero-order chi connectivity index (χ0) is 17.7. The Kier molecular flexibility index (Phi) is 9.03. The van der Waals surface area contributed by atoms with Crippen LogP contribution in [0.25, 0.3) is 0 Å². The van der Waals surface area contributed by atoms with E-state index in [2.05, 4.69) is 65.8 Å². The van der Waals surface area contributed by atoms with Crippen molar-refractivity contribution in [1.29, 1.82) is 0 Å². The molecule has 3 nitrogen and oxygen atoms in total. The van der Waals surface area contributed by atoms with Crippen molar-refractivity contribution < 1.29 is 12.3 Å². The van der Waals surface area contributed by atoms with Gasteiger partial charge in [0.25, 0.3) is 0 Å². The Bertz CT molecular complexity index is 325. The van der Waals surface area contributed by atoms with Gasteiger partial charge in [-0.3, -0.25) is 0 Å². The van der Waals surface area contributed by atoms with Crippen LogP contribution in [0, 0.1) is 6.92 Å². The van der Waals surface area contributed by atoms with E-state index < -0.39 is 33.8 Å². The first kappa shape index (κ1) is 22.7. The highest BCUT2D eigenvalue weighted by Crippen LogP contribution is 2.26. The minimum Gasteiger partial charge on any atom is -0.437 e. The van der Waals surface area contributed by atoms with Crippen LogP contribution in [0.5, 0.6) is 0 Å². The molecule has 0 bridgehead atoms. The molecule has 0 fully saturated rings. The van der Waals surface area contributed by atoms with Crippen molar-refractivity contribution in [3.8, 4) is 0 Å². The molecule has 133 valence electrons. The highest BCUT2D eigenvalue weighted by atomic mass is 28.5. The number of hydrogen-bond acceptors (Lipinski definition) is 3. The molecule has 0 aromatic carbocycles. The first-order valence-electron chi connectivity index (χ1n) is 8.58. The summed E-state index contributed by atoms with van der Waals surface area (Å²) in [6.45, 7) is 23.9. The van der Waals surface area contributed by atoms with Gasteiger partial charge in [-0.15, -0.1) is 0 Å². The topological polar surface area (TPSA) is 27.7 Å². The van der Waals surface area contributed by atoms with E-state index in [4.69, 9.17) is 12.3 Å². The van der Waals surface area contributed by atoms with Crippen molar-refractivity contribution in [2.45, 2.75) is 90.7 Å². The van der Waals surface area contributed by atoms with Crippen LogP contribution in [0.4, 0.5) is 0 Å². The van der Waals surface area contributed by atoms with E-state index >= 15 is 0 Å². The van der Waals surface area contributed by atoms with Gasteiger partial charge in [0.05, 0.1) is 0 Å². The van der Waals surface area contributed by atoms with Crippen LogP contribution in [-0.4, -0.2) is 33.8 Å². The van der Waals surface area contributed by atoms with E-state index in [0.29, 0.717) is 0 Å². The van der Waals surface area contributed by atoms with Crippen LogP contribution < -0.4 is 0 Å². The Morgan fingerprint density at radius 2 is 1.14 bits per heavy atom. The molecule has 0 spiro atoms. The zero-order valence-corrected chi connectivity index (χ0v) is 20.5. The van der Waals surface area contributed by atoms with Gasteiger partial charge in [0.2, 0.25) is 0 Å². The molecule has 0 heterocycles. The Morgan fingerprint density at radius 1 is 0.636 bits per heavy atom. The molecule has 0 rings (SSSR count). The summed E-state index contributed by atoms with van der Waals surface area (Å²) in [6.07, 6.45) is 4.79. The van der Waals surface area contributed by atoms with Crippen LogP contribution in [0.1, 0.15) is 25.7 Å². The minimum absolute atomic E-state index is 1.04. The van der Waals surface area contributed by atoms with Gasteiger partial charge in [-0.25, -0.2) is 0 Å². The molecular weight excluding hydrogens is 341 g/mol. The second-order valence-electron chi connectivity index (χ2n) is 8.64. The normalized spacial score (nSPS) is 14.5. The fraction of sp³-hybridized carbons (Fsp3) is 0.933. The molecule has 0 aromatic heterocycles. The maximum Gasteiger partial charge on any atom is 0.312 e. The van der Waals surface area contributed by atoms with E-state index in [1.807, 2.05) is 0 Å². The van der Waals surface area contributed by atoms with Crippen LogP contribution in [-0.2, 0) is 12.3 Å². The van der Waals surface area contributed by atoms with Gasteiger partial charge in [-0.1, -0.05) is 32.6 Å². The van der Waals surface area contributed by atoms with Crippen molar-refractivity contribution in [2.75, 3.05) is 0 Å². The molecule has 0 unspecified atom stereocenters. The molecule has 7 heteroatoms. The molecule has 0 saturated carbocycles. The predicted molar refractivity (Wildman–Crippen MR) is 108 cm³/mol. The lowest BCUT2D eigenvalue weighted by Gasteiger charge is -2.40. The minimum atomic E-state index is -2.13. The first-order chi connectivity index (χ1) is 9.68. The Morgan fingerprint density at radius 3 is 1.59 bits per heavy atom. The van der Waals surface area contributed by atoms with Crippen molar-refractivity contribution in [1.82, 2.24) is 0 Å². The number of hydrogen-bond donors (Lipinski definition) is 0. The fourth-order valence-corrected chi connectivity index (χ4v) is 21.5. The van der Waals surface area contributed by atoms with Gasteiger partial charge in [0.1, 0.15) is 0 Å². The summed E-state index contributed by atoms with van der Waals surface area (Å²) in [6, 6.07) is 1.21. The van der Waals surface area contributed by atoms with Gasteiger partial charge in [-0.2, -0.15) is 0 Å². The largest absolute Gasteiger partial charge is 0.437 e. The van der Waals surface area contributed by atoms with Crippen molar-refractivity contribution >= 4 is 33.8 Å². The molecule has 0 aliphatic rings. The summed E-state index contributed by atoms with van der Waals surface area (Å²) in [7, 11) is -7.46. The van der Waals surface area contributed by atoms with Crippen LogP contribution in [0.3, 0.4) is 0 Å². The summed E-state index contributed by atoms with van der Waals surface area (Å²) < 4.78 is 19.3. The average Bonchev–Trinajstić information content (AvgIpc) is 2.16. The SMILES string of the molecule is [CH2]CCCCC[Si](C)(C)O[Si](C)(C)O[Si](C)(C)O[Si](C)(C)C. The molecular formula is C15H39O3Si4. The summed E-state index contributed by atoms with van der Waals surface area (Å²) in [4.78, 5) is 0. The van der Waals surface area contributed by atoms with Crippen LogP contribution in [0.2, 0.25) is 65.0 Å². The molecule has 0 aliphatic heterocycles. The third-order valence-electron chi connectivity index (χ3n) is 3.09. The zero-order valence-electron chi connectivity index (χ0n) is 16.5. The molecule has 0 aromatic rings. The van der Waals surface area contributed by atoms with E-state index in [0.717, 1.165) is 6.42 Å². The maximum absolute atomic E-state index is 6.57. The van der Waals surface area contributed by atoms with Gasteiger partial charge >= 0.3 is 17.1 Å². The van der Waals surface area contributed by atoms with E-state index in [-0.39, 0.29) is 0 Å². The monoisotopic (exact) mass is 379 g/mol. The fourth-order valence-electron chi connectivity index (χ4n) is 2.99. The number of rotatable bonds is 11. The Balaban J connectivity index is 4.53. The molecule has 22 heavy (non-hydrogen) atoms. The lowest BCUT2D eigenvalue weighted by atomic mass is 10.2. The highest BCUT2D eigenvalue weighted by molar-refractivity contribution is 6.89. The second-order valence-corrected chi connectivity index (χ2v) is 24.9. The van der Waals surface area contributed by atoms with E-state index in [1.54, 1.807) is 0 Å². The summed E-state index contributed by atoms with van der Waals surface area (Å²) in [5.41, 5.74) is 0. The second kappa shape index (κ2) is 8.73.